The molecule has 168 valence electrons. The maximum absolute atomic E-state index is 12.5. The van der Waals surface area contributed by atoms with Gasteiger partial charge in [-0.25, -0.2) is 14.4 Å². The summed E-state index contributed by atoms with van der Waals surface area (Å²) < 4.78 is 15.0. The Labute approximate surface area is 176 Å². The van der Waals surface area contributed by atoms with Gasteiger partial charge in [0.2, 0.25) is 5.91 Å². The van der Waals surface area contributed by atoms with Crippen molar-refractivity contribution in [1.29, 1.82) is 0 Å². The standard InChI is InChI=1S/C21H31NO8/c1-12-13(18(26)28-17(12)25)8-10-15(23)22-14(19(27)30-21(5,6)7)9-11-16(24)29-20(2,3)4/h14H,8-11H2,1-7H3,(H,22,23)/t14-/m0/s1. The number of rotatable bonds is 8. The number of cyclic esters (lactones) is 2. The zero-order valence-corrected chi connectivity index (χ0v) is 18.7. The van der Waals surface area contributed by atoms with Gasteiger partial charge in [0.05, 0.1) is 0 Å². The molecule has 1 rings (SSSR count). The molecule has 0 unspecified atom stereocenters. The number of carbonyl (C=O) groups is 5. The van der Waals surface area contributed by atoms with Gasteiger partial charge in [-0.3, -0.25) is 9.59 Å². The number of ether oxygens (including phenoxy) is 3. The van der Waals surface area contributed by atoms with E-state index in [4.69, 9.17) is 9.47 Å². The van der Waals surface area contributed by atoms with Crippen molar-refractivity contribution in [1.82, 2.24) is 5.32 Å². The predicted octanol–water partition coefficient (Wildman–Crippen LogP) is 2.11. The van der Waals surface area contributed by atoms with Crippen LogP contribution in [-0.2, 0) is 38.2 Å². The first-order valence-corrected chi connectivity index (χ1v) is 9.79. The summed E-state index contributed by atoms with van der Waals surface area (Å²) in [4.78, 5) is 59.8. The largest absolute Gasteiger partial charge is 0.460 e. The number of nitrogens with one attached hydrogen (secondary N) is 1. The van der Waals surface area contributed by atoms with Crippen molar-refractivity contribution >= 4 is 29.8 Å². The number of amides is 1. The van der Waals surface area contributed by atoms with Crippen LogP contribution in [0.4, 0.5) is 0 Å². The molecule has 0 aromatic carbocycles. The summed E-state index contributed by atoms with van der Waals surface area (Å²) in [7, 11) is 0. The summed E-state index contributed by atoms with van der Waals surface area (Å²) in [6.07, 6.45) is -0.236. The normalized spacial score (nSPS) is 15.6. The van der Waals surface area contributed by atoms with Crippen LogP contribution >= 0.6 is 0 Å². The summed E-state index contributed by atoms with van der Waals surface area (Å²) in [6.45, 7) is 11.7. The average Bonchev–Trinajstić information content (AvgIpc) is 2.78. The summed E-state index contributed by atoms with van der Waals surface area (Å²) in [5.74, 6) is -3.19. The second-order valence-electron chi connectivity index (χ2n) is 9.06. The molecular formula is C21H31NO8. The highest BCUT2D eigenvalue weighted by Gasteiger charge is 2.31. The molecule has 1 amide bonds. The van der Waals surface area contributed by atoms with Crippen LogP contribution in [0.1, 0.15) is 74.1 Å². The smallest absolute Gasteiger partial charge is 0.342 e. The van der Waals surface area contributed by atoms with Gasteiger partial charge < -0.3 is 19.5 Å². The molecule has 0 aromatic rings. The van der Waals surface area contributed by atoms with Gasteiger partial charge in [0.15, 0.2) is 0 Å². The van der Waals surface area contributed by atoms with Crippen LogP contribution in [0.5, 0.6) is 0 Å². The van der Waals surface area contributed by atoms with Crippen molar-refractivity contribution in [3.05, 3.63) is 11.1 Å². The molecule has 0 saturated carbocycles. The Kier molecular flexibility index (Phi) is 8.33. The number of hydrogen-bond donors (Lipinski definition) is 1. The first kappa shape index (κ1) is 25.3. The molecular weight excluding hydrogens is 394 g/mol. The Morgan fingerprint density at radius 3 is 1.97 bits per heavy atom. The monoisotopic (exact) mass is 425 g/mol. The van der Waals surface area contributed by atoms with Crippen molar-refractivity contribution < 1.29 is 38.2 Å². The van der Waals surface area contributed by atoms with Crippen molar-refractivity contribution in [2.75, 3.05) is 0 Å². The molecule has 9 nitrogen and oxygen atoms in total. The quantitative estimate of drug-likeness (QED) is 0.356. The molecule has 1 heterocycles. The van der Waals surface area contributed by atoms with Crippen molar-refractivity contribution in [2.24, 2.45) is 0 Å². The first-order chi connectivity index (χ1) is 13.6. The van der Waals surface area contributed by atoms with E-state index in [1.807, 2.05) is 0 Å². The summed E-state index contributed by atoms with van der Waals surface area (Å²) in [5.41, 5.74) is -1.14. The molecule has 1 atom stereocenters. The van der Waals surface area contributed by atoms with Crippen LogP contribution in [0.2, 0.25) is 0 Å². The van der Waals surface area contributed by atoms with E-state index in [9.17, 15) is 24.0 Å². The van der Waals surface area contributed by atoms with Gasteiger partial charge in [0.25, 0.3) is 0 Å². The molecule has 0 spiro atoms. The SMILES string of the molecule is CC1=C(CCC(=O)N[C@@H](CCC(=O)OC(C)(C)C)C(=O)OC(C)(C)C)C(=O)OC1=O. The lowest BCUT2D eigenvalue weighted by atomic mass is 10.1. The van der Waals surface area contributed by atoms with E-state index in [0.29, 0.717) is 0 Å². The van der Waals surface area contributed by atoms with Crippen molar-refractivity contribution in [2.45, 2.75) is 91.4 Å². The second-order valence-corrected chi connectivity index (χ2v) is 9.06. The van der Waals surface area contributed by atoms with E-state index in [1.54, 1.807) is 41.5 Å². The molecule has 0 aliphatic carbocycles. The minimum atomic E-state index is -1.06. The van der Waals surface area contributed by atoms with Crippen molar-refractivity contribution in [3.63, 3.8) is 0 Å². The van der Waals surface area contributed by atoms with E-state index in [0.717, 1.165) is 0 Å². The zero-order valence-electron chi connectivity index (χ0n) is 18.7. The van der Waals surface area contributed by atoms with Crippen molar-refractivity contribution in [3.8, 4) is 0 Å². The van der Waals surface area contributed by atoms with Gasteiger partial charge in [0, 0.05) is 24.0 Å². The fourth-order valence-corrected chi connectivity index (χ4v) is 2.57. The van der Waals surface area contributed by atoms with Gasteiger partial charge in [-0.2, -0.15) is 0 Å². The van der Waals surface area contributed by atoms with Crippen LogP contribution in [0.15, 0.2) is 11.1 Å². The van der Waals surface area contributed by atoms with E-state index in [2.05, 4.69) is 10.1 Å². The third kappa shape index (κ3) is 8.75. The van der Waals surface area contributed by atoms with Gasteiger partial charge in [-0.05, 0) is 61.3 Å². The zero-order chi connectivity index (χ0) is 23.3. The summed E-state index contributed by atoms with van der Waals surface area (Å²) in [5, 5.41) is 2.54. The Bertz CT molecular complexity index is 752. The van der Waals surface area contributed by atoms with Crippen LogP contribution < -0.4 is 5.32 Å². The highest BCUT2D eigenvalue weighted by Crippen LogP contribution is 2.21. The fourth-order valence-electron chi connectivity index (χ4n) is 2.57. The fraction of sp³-hybridized carbons (Fsp3) is 0.667. The van der Waals surface area contributed by atoms with Crippen LogP contribution in [0, 0.1) is 0 Å². The molecule has 0 saturated heterocycles. The average molecular weight is 425 g/mol. The molecule has 0 radical (unpaired) electrons. The van der Waals surface area contributed by atoms with Crippen LogP contribution in [-0.4, -0.2) is 47.0 Å². The highest BCUT2D eigenvalue weighted by atomic mass is 16.6. The van der Waals surface area contributed by atoms with E-state index >= 15 is 0 Å². The lowest BCUT2D eigenvalue weighted by Crippen LogP contribution is -2.44. The van der Waals surface area contributed by atoms with E-state index < -0.39 is 47.0 Å². The number of hydrogen-bond acceptors (Lipinski definition) is 8. The number of carbonyl (C=O) groups excluding carboxylic acids is 5. The Balaban J connectivity index is 2.75. The molecule has 0 aromatic heterocycles. The Morgan fingerprint density at radius 2 is 1.50 bits per heavy atom. The third-order valence-corrected chi connectivity index (χ3v) is 3.88. The van der Waals surface area contributed by atoms with E-state index in [1.165, 1.54) is 6.92 Å². The topological polar surface area (TPSA) is 125 Å². The summed E-state index contributed by atoms with van der Waals surface area (Å²) >= 11 is 0. The van der Waals surface area contributed by atoms with Gasteiger partial charge in [0.1, 0.15) is 17.2 Å². The predicted molar refractivity (Wildman–Crippen MR) is 106 cm³/mol. The molecule has 1 aliphatic rings. The van der Waals surface area contributed by atoms with Crippen LogP contribution in [0.3, 0.4) is 0 Å². The minimum absolute atomic E-state index is 0.00216. The highest BCUT2D eigenvalue weighted by molar-refractivity contribution is 6.12. The number of esters is 4. The molecule has 30 heavy (non-hydrogen) atoms. The molecule has 9 heteroatoms. The second kappa shape index (κ2) is 9.86. The lowest BCUT2D eigenvalue weighted by molar-refractivity contribution is -0.160. The minimum Gasteiger partial charge on any atom is -0.460 e. The van der Waals surface area contributed by atoms with E-state index in [-0.39, 0.29) is 36.8 Å². The van der Waals surface area contributed by atoms with Crippen LogP contribution in [0.25, 0.3) is 0 Å². The Morgan fingerprint density at radius 1 is 0.933 bits per heavy atom. The third-order valence-electron chi connectivity index (χ3n) is 3.88. The first-order valence-electron chi connectivity index (χ1n) is 9.79. The molecule has 0 fully saturated rings. The molecule has 1 N–H and O–H groups in total. The maximum Gasteiger partial charge on any atom is 0.342 e. The molecule has 1 aliphatic heterocycles. The van der Waals surface area contributed by atoms with Gasteiger partial charge >= 0.3 is 23.9 Å². The Hall–Kier alpha value is -2.71. The van der Waals surface area contributed by atoms with Gasteiger partial charge in [-0.1, -0.05) is 0 Å². The summed E-state index contributed by atoms with van der Waals surface area (Å²) in [6, 6.07) is -1.06. The van der Waals surface area contributed by atoms with Gasteiger partial charge in [-0.15, -0.1) is 0 Å². The molecule has 0 bridgehead atoms. The lowest BCUT2D eigenvalue weighted by Gasteiger charge is -2.25. The maximum atomic E-state index is 12.5.